The lowest BCUT2D eigenvalue weighted by atomic mass is 10.1. The number of aromatic nitrogens is 3. The Morgan fingerprint density at radius 2 is 1.90 bits per heavy atom. The van der Waals surface area contributed by atoms with Crippen LogP contribution in [0.3, 0.4) is 0 Å². The number of aryl methyl sites for hydroxylation is 1. The molecule has 0 spiro atoms. The topological polar surface area (TPSA) is 50.7 Å². The molecule has 20 heavy (non-hydrogen) atoms. The summed E-state index contributed by atoms with van der Waals surface area (Å²) in [5.41, 5.74) is 2.11. The average Bonchev–Trinajstić information content (AvgIpc) is 2.46. The first kappa shape index (κ1) is 15.1. The summed E-state index contributed by atoms with van der Waals surface area (Å²) in [4.78, 5) is 13.3. The van der Waals surface area contributed by atoms with Gasteiger partial charge in [0, 0.05) is 35.2 Å². The van der Waals surface area contributed by atoms with E-state index >= 15 is 0 Å². The fourth-order valence-corrected chi connectivity index (χ4v) is 2.13. The highest BCUT2D eigenvalue weighted by Gasteiger charge is 2.15. The van der Waals surface area contributed by atoms with E-state index in [2.05, 4.69) is 43.1 Å². The largest absolute Gasteiger partial charge is 0.307 e. The molecule has 106 valence electrons. The van der Waals surface area contributed by atoms with Gasteiger partial charge >= 0.3 is 0 Å². The Morgan fingerprint density at radius 3 is 2.50 bits per heavy atom. The van der Waals surface area contributed by atoms with E-state index in [0.717, 1.165) is 40.9 Å². The standard InChI is InChI=1S/C15H19BrN4/c1-3-6-17-14(15-19-8-11(2)9-20-15)7-13-5-4-12(16)10-18-13/h4-5,8-10,14,17H,3,6-7H2,1-2H3. The van der Waals surface area contributed by atoms with Crippen molar-refractivity contribution in [3.8, 4) is 0 Å². The monoisotopic (exact) mass is 334 g/mol. The third kappa shape index (κ3) is 4.35. The van der Waals surface area contributed by atoms with Crippen LogP contribution in [0.4, 0.5) is 0 Å². The van der Waals surface area contributed by atoms with Crippen LogP contribution in [0.5, 0.6) is 0 Å². The van der Waals surface area contributed by atoms with Gasteiger partial charge in [-0.25, -0.2) is 9.97 Å². The van der Waals surface area contributed by atoms with Gasteiger partial charge in [0.15, 0.2) is 0 Å². The molecule has 1 unspecified atom stereocenters. The summed E-state index contributed by atoms with van der Waals surface area (Å²) in [6, 6.07) is 4.14. The lowest BCUT2D eigenvalue weighted by molar-refractivity contribution is 0.499. The molecular formula is C15H19BrN4. The first-order chi connectivity index (χ1) is 9.69. The molecule has 0 radical (unpaired) electrons. The maximum absolute atomic E-state index is 4.43. The molecule has 0 amide bonds. The Labute approximate surface area is 128 Å². The van der Waals surface area contributed by atoms with Crippen LogP contribution in [0.1, 0.15) is 36.5 Å². The molecule has 0 saturated heterocycles. The summed E-state index contributed by atoms with van der Waals surface area (Å²) in [5.74, 6) is 0.828. The Balaban J connectivity index is 2.14. The maximum atomic E-state index is 4.43. The van der Waals surface area contributed by atoms with E-state index in [4.69, 9.17) is 0 Å². The first-order valence-corrected chi connectivity index (χ1v) is 7.60. The van der Waals surface area contributed by atoms with Crippen LogP contribution in [0, 0.1) is 6.92 Å². The Kier molecular flexibility index (Phi) is 5.61. The fraction of sp³-hybridized carbons (Fsp3) is 0.400. The highest BCUT2D eigenvalue weighted by atomic mass is 79.9. The van der Waals surface area contributed by atoms with Crippen molar-refractivity contribution < 1.29 is 0 Å². The molecule has 1 N–H and O–H groups in total. The van der Waals surface area contributed by atoms with Gasteiger partial charge in [0.05, 0.1) is 6.04 Å². The third-order valence-electron chi connectivity index (χ3n) is 2.96. The van der Waals surface area contributed by atoms with Crippen LogP contribution in [0.2, 0.25) is 0 Å². The second-order valence-electron chi connectivity index (χ2n) is 4.80. The molecule has 0 aliphatic carbocycles. The molecule has 5 heteroatoms. The third-order valence-corrected chi connectivity index (χ3v) is 3.42. The lowest BCUT2D eigenvalue weighted by Crippen LogP contribution is -2.26. The van der Waals surface area contributed by atoms with Crippen molar-refractivity contribution in [1.82, 2.24) is 20.3 Å². The van der Waals surface area contributed by atoms with Crippen molar-refractivity contribution in [2.45, 2.75) is 32.7 Å². The molecule has 0 fully saturated rings. The van der Waals surface area contributed by atoms with Gasteiger partial charge in [0.1, 0.15) is 5.82 Å². The number of rotatable bonds is 6. The van der Waals surface area contributed by atoms with Crippen molar-refractivity contribution >= 4 is 15.9 Å². The maximum Gasteiger partial charge on any atom is 0.145 e. The van der Waals surface area contributed by atoms with Crippen LogP contribution in [0.25, 0.3) is 0 Å². The van der Waals surface area contributed by atoms with E-state index in [-0.39, 0.29) is 6.04 Å². The number of halogens is 1. The van der Waals surface area contributed by atoms with Gasteiger partial charge in [0.2, 0.25) is 0 Å². The normalized spacial score (nSPS) is 12.3. The number of nitrogens with zero attached hydrogens (tertiary/aromatic N) is 3. The van der Waals surface area contributed by atoms with Crippen molar-refractivity contribution in [3.63, 3.8) is 0 Å². The minimum Gasteiger partial charge on any atom is -0.307 e. The van der Waals surface area contributed by atoms with Crippen molar-refractivity contribution in [3.05, 3.63) is 52.3 Å². The summed E-state index contributed by atoms with van der Waals surface area (Å²) in [6.07, 6.45) is 7.41. The van der Waals surface area contributed by atoms with Gasteiger partial charge in [-0.1, -0.05) is 6.92 Å². The smallest absolute Gasteiger partial charge is 0.145 e. The predicted molar refractivity (Wildman–Crippen MR) is 83.4 cm³/mol. The summed E-state index contributed by atoms with van der Waals surface area (Å²) >= 11 is 3.40. The quantitative estimate of drug-likeness (QED) is 0.881. The second kappa shape index (κ2) is 7.45. The summed E-state index contributed by atoms with van der Waals surface area (Å²) < 4.78 is 0.992. The van der Waals surface area contributed by atoms with Crippen LogP contribution < -0.4 is 5.32 Å². The number of pyridine rings is 1. The minimum absolute atomic E-state index is 0.101. The van der Waals surface area contributed by atoms with Crippen LogP contribution >= 0.6 is 15.9 Å². The summed E-state index contributed by atoms with van der Waals surface area (Å²) in [7, 11) is 0. The van der Waals surface area contributed by atoms with Gasteiger partial charge < -0.3 is 5.32 Å². The van der Waals surface area contributed by atoms with Crippen LogP contribution in [0.15, 0.2) is 35.2 Å². The molecule has 2 aromatic heterocycles. The SMILES string of the molecule is CCCNC(Cc1ccc(Br)cn1)c1ncc(C)cn1. The summed E-state index contributed by atoms with van der Waals surface area (Å²) in [5, 5.41) is 3.49. The van der Waals surface area contributed by atoms with Gasteiger partial charge in [-0.15, -0.1) is 0 Å². The number of hydrogen-bond donors (Lipinski definition) is 1. The minimum atomic E-state index is 0.101. The lowest BCUT2D eigenvalue weighted by Gasteiger charge is -2.16. The van der Waals surface area contributed by atoms with E-state index in [1.165, 1.54) is 0 Å². The molecule has 0 bridgehead atoms. The van der Waals surface area contributed by atoms with Crippen molar-refractivity contribution in [2.75, 3.05) is 6.54 Å². The molecule has 0 aliphatic rings. The Hall–Kier alpha value is -1.33. The molecule has 2 rings (SSSR count). The fourth-order valence-electron chi connectivity index (χ4n) is 1.89. The summed E-state index contributed by atoms with van der Waals surface area (Å²) in [6.45, 7) is 5.09. The molecule has 1 atom stereocenters. The van der Waals surface area contributed by atoms with Crippen molar-refractivity contribution in [1.29, 1.82) is 0 Å². The van der Waals surface area contributed by atoms with Crippen LogP contribution in [-0.4, -0.2) is 21.5 Å². The van der Waals surface area contributed by atoms with E-state index < -0.39 is 0 Å². The van der Waals surface area contributed by atoms with Gasteiger partial charge in [-0.2, -0.15) is 0 Å². The van der Waals surface area contributed by atoms with E-state index in [0.29, 0.717) is 0 Å². The van der Waals surface area contributed by atoms with E-state index in [9.17, 15) is 0 Å². The Bertz CT molecular complexity index is 525. The molecule has 0 aromatic carbocycles. The highest BCUT2D eigenvalue weighted by molar-refractivity contribution is 9.10. The Morgan fingerprint density at radius 1 is 1.15 bits per heavy atom. The van der Waals surface area contributed by atoms with E-state index in [1.807, 2.05) is 37.6 Å². The second-order valence-corrected chi connectivity index (χ2v) is 5.71. The molecule has 2 aromatic rings. The number of nitrogens with one attached hydrogen (secondary N) is 1. The highest BCUT2D eigenvalue weighted by Crippen LogP contribution is 2.15. The van der Waals surface area contributed by atoms with Gasteiger partial charge in [-0.3, -0.25) is 4.98 Å². The molecular weight excluding hydrogens is 316 g/mol. The molecule has 0 aliphatic heterocycles. The van der Waals surface area contributed by atoms with Gasteiger partial charge in [0.25, 0.3) is 0 Å². The predicted octanol–water partition coefficient (Wildman–Crippen LogP) is 3.23. The number of hydrogen-bond acceptors (Lipinski definition) is 4. The molecule has 4 nitrogen and oxygen atoms in total. The van der Waals surface area contributed by atoms with Crippen molar-refractivity contribution in [2.24, 2.45) is 0 Å². The average molecular weight is 335 g/mol. The zero-order valence-electron chi connectivity index (χ0n) is 11.8. The molecule has 2 heterocycles. The first-order valence-electron chi connectivity index (χ1n) is 6.81. The zero-order chi connectivity index (χ0) is 14.4. The van der Waals surface area contributed by atoms with Crippen LogP contribution in [-0.2, 0) is 6.42 Å². The van der Waals surface area contributed by atoms with E-state index in [1.54, 1.807) is 0 Å². The zero-order valence-corrected chi connectivity index (χ0v) is 13.4. The molecule has 0 saturated carbocycles. The van der Waals surface area contributed by atoms with Gasteiger partial charge in [-0.05, 0) is 53.5 Å².